The molecule has 0 saturated heterocycles. The third kappa shape index (κ3) is 3.82. The van der Waals surface area contributed by atoms with Gasteiger partial charge >= 0.3 is 0 Å². The Labute approximate surface area is 165 Å². The Morgan fingerprint density at radius 1 is 1.04 bits per heavy atom. The van der Waals surface area contributed by atoms with Crippen molar-refractivity contribution in [3.8, 4) is 0 Å². The van der Waals surface area contributed by atoms with Crippen LogP contribution in [0, 0.1) is 11.6 Å². The maximum absolute atomic E-state index is 13.7. The van der Waals surface area contributed by atoms with Crippen molar-refractivity contribution in [3.05, 3.63) is 94.5 Å². The number of amides is 1. The van der Waals surface area contributed by atoms with E-state index in [-0.39, 0.29) is 17.5 Å². The first-order valence-corrected chi connectivity index (χ1v) is 9.82. The summed E-state index contributed by atoms with van der Waals surface area (Å²) < 4.78 is 29.9. The molecule has 0 aliphatic rings. The van der Waals surface area contributed by atoms with Crippen molar-refractivity contribution in [2.45, 2.75) is 13.0 Å². The first-order chi connectivity index (χ1) is 13.6. The topological polar surface area (TPSA) is 34.0 Å². The van der Waals surface area contributed by atoms with Gasteiger partial charge in [0.2, 0.25) is 0 Å². The molecular formula is C22H18F2N2OS. The highest BCUT2D eigenvalue weighted by atomic mass is 32.1. The van der Waals surface area contributed by atoms with E-state index in [2.05, 4.69) is 5.32 Å². The summed E-state index contributed by atoms with van der Waals surface area (Å²) in [5.74, 6) is -0.762. The van der Waals surface area contributed by atoms with E-state index in [1.165, 1.54) is 18.2 Å². The normalized spacial score (nSPS) is 11.1. The minimum Gasteiger partial charge on any atom is -0.350 e. The SMILES string of the molecule is O=C(NCCc1ccccc1F)c1cc2sccc2n1Cc1ccc(F)cc1. The van der Waals surface area contributed by atoms with Gasteiger partial charge in [0.25, 0.3) is 5.91 Å². The van der Waals surface area contributed by atoms with Gasteiger partial charge in [0.1, 0.15) is 17.3 Å². The van der Waals surface area contributed by atoms with E-state index >= 15 is 0 Å². The molecule has 1 N–H and O–H groups in total. The molecule has 0 saturated carbocycles. The van der Waals surface area contributed by atoms with E-state index in [1.54, 1.807) is 41.7 Å². The number of hydrogen-bond acceptors (Lipinski definition) is 2. The number of rotatable bonds is 6. The molecular weight excluding hydrogens is 378 g/mol. The minimum absolute atomic E-state index is 0.207. The zero-order valence-electron chi connectivity index (χ0n) is 15.0. The Kier molecular flexibility index (Phi) is 5.21. The van der Waals surface area contributed by atoms with Gasteiger partial charge in [-0.3, -0.25) is 4.79 Å². The molecule has 142 valence electrons. The smallest absolute Gasteiger partial charge is 0.267 e. The van der Waals surface area contributed by atoms with Gasteiger partial charge in [-0.2, -0.15) is 0 Å². The number of hydrogen-bond donors (Lipinski definition) is 1. The fourth-order valence-corrected chi connectivity index (χ4v) is 4.03. The average Bonchev–Trinajstić information content (AvgIpc) is 3.27. The van der Waals surface area contributed by atoms with Crippen LogP contribution in [0.5, 0.6) is 0 Å². The van der Waals surface area contributed by atoms with Crippen molar-refractivity contribution < 1.29 is 13.6 Å². The average molecular weight is 396 g/mol. The molecule has 0 radical (unpaired) electrons. The van der Waals surface area contributed by atoms with Gasteiger partial charge in [-0.25, -0.2) is 8.78 Å². The quantitative estimate of drug-likeness (QED) is 0.489. The van der Waals surface area contributed by atoms with E-state index in [0.717, 1.165) is 15.8 Å². The highest BCUT2D eigenvalue weighted by Gasteiger charge is 2.16. The van der Waals surface area contributed by atoms with Gasteiger partial charge in [-0.05, 0) is 53.3 Å². The third-order valence-electron chi connectivity index (χ3n) is 4.65. The number of nitrogens with one attached hydrogen (secondary N) is 1. The first-order valence-electron chi connectivity index (χ1n) is 8.94. The standard InChI is InChI=1S/C22H18F2N2OS/c23-17-7-5-15(6-8-17)14-26-19-10-12-28-21(19)13-20(26)22(27)25-11-9-16-3-1-2-4-18(16)24/h1-8,10,12-13H,9,11,14H2,(H,25,27). The van der Waals surface area contributed by atoms with E-state index in [9.17, 15) is 13.6 Å². The highest BCUT2D eigenvalue weighted by molar-refractivity contribution is 7.17. The molecule has 6 heteroatoms. The van der Waals surface area contributed by atoms with Crippen LogP contribution in [0.15, 0.2) is 66.0 Å². The van der Waals surface area contributed by atoms with Crippen LogP contribution < -0.4 is 5.32 Å². The van der Waals surface area contributed by atoms with Crippen LogP contribution in [-0.4, -0.2) is 17.0 Å². The second-order valence-electron chi connectivity index (χ2n) is 6.51. The van der Waals surface area contributed by atoms with Gasteiger partial charge < -0.3 is 9.88 Å². The van der Waals surface area contributed by atoms with Crippen LogP contribution in [0.3, 0.4) is 0 Å². The van der Waals surface area contributed by atoms with Gasteiger partial charge in [0.15, 0.2) is 0 Å². The van der Waals surface area contributed by atoms with Gasteiger partial charge in [-0.15, -0.1) is 11.3 Å². The van der Waals surface area contributed by atoms with E-state index in [0.29, 0.717) is 30.8 Å². The predicted octanol–water partition coefficient (Wildman–Crippen LogP) is 5.00. The Bertz CT molecular complexity index is 1120. The van der Waals surface area contributed by atoms with Crippen molar-refractivity contribution in [1.82, 2.24) is 9.88 Å². The minimum atomic E-state index is -0.289. The lowest BCUT2D eigenvalue weighted by atomic mass is 10.1. The van der Waals surface area contributed by atoms with Crippen LogP contribution >= 0.6 is 11.3 Å². The number of halogens is 2. The van der Waals surface area contributed by atoms with Gasteiger partial charge in [0.05, 0.1) is 10.2 Å². The lowest BCUT2D eigenvalue weighted by Gasteiger charge is -2.11. The summed E-state index contributed by atoms with van der Waals surface area (Å²) in [7, 11) is 0. The Morgan fingerprint density at radius 3 is 2.61 bits per heavy atom. The number of nitrogens with zero attached hydrogens (tertiary/aromatic N) is 1. The molecule has 0 spiro atoms. The molecule has 1 amide bonds. The molecule has 0 fully saturated rings. The van der Waals surface area contributed by atoms with Crippen LogP contribution in [0.25, 0.3) is 10.2 Å². The number of fused-ring (bicyclic) bond motifs is 1. The van der Waals surface area contributed by atoms with Crippen molar-refractivity contribution >= 4 is 27.5 Å². The summed E-state index contributed by atoms with van der Waals surface area (Å²) in [6.45, 7) is 0.811. The van der Waals surface area contributed by atoms with Crippen molar-refractivity contribution in [1.29, 1.82) is 0 Å². The Hall–Kier alpha value is -2.99. The maximum Gasteiger partial charge on any atom is 0.267 e. The number of aromatic nitrogens is 1. The van der Waals surface area contributed by atoms with Gasteiger partial charge in [-0.1, -0.05) is 30.3 Å². The lowest BCUT2D eigenvalue weighted by molar-refractivity contribution is 0.0945. The number of carbonyl (C=O) groups excluding carboxylic acids is 1. The summed E-state index contributed by atoms with van der Waals surface area (Å²) in [6, 6.07) is 16.7. The van der Waals surface area contributed by atoms with E-state index < -0.39 is 0 Å². The molecule has 2 heterocycles. The molecule has 0 unspecified atom stereocenters. The molecule has 3 nitrogen and oxygen atoms in total. The number of benzene rings is 2. The molecule has 28 heavy (non-hydrogen) atoms. The summed E-state index contributed by atoms with van der Waals surface area (Å²) in [6.07, 6.45) is 0.422. The van der Waals surface area contributed by atoms with Crippen LogP contribution in [0.4, 0.5) is 8.78 Å². The molecule has 2 aromatic heterocycles. The molecule has 4 rings (SSSR count). The van der Waals surface area contributed by atoms with Crippen LogP contribution in [0.2, 0.25) is 0 Å². The summed E-state index contributed by atoms with van der Waals surface area (Å²) >= 11 is 1.56. The second kappa shape index (κ2) is 7.94. The zero-order chi connectivity index (χ0) is 19.5. The Balaban J connectivity index is 1.52. The molecule has 0 atom stereocenters. The van der Waals surface area contributed by atoms with Crippen LogP contribution in [0.1, 0.15) is 21.6 Å². The second-order valence-corrected chi connectivity index (χ2v) is 7.46. The van der Waals surface area contributed by atoms with Crippen molar-refractivity contribution in [2.75, 3.05) is 6.54 Å². The fraction of sp³-hybridized carbons (Fsp3) is 0.136. The van der Waals surface area contributed by atoms with E-state index in [4.69, 9.17) is 0 Å². The monoisotopic (exact) mass is 396 g/mol. The van der Waals surface area contributed by atoms with Crippen LogP contribution in [-0.2, 0) is 13.0 Å². The number of carbonyl (C=O) groups is 1. The molecule has 0 bridgehead atoms. The number of thiophene rings is 1. The molecule has 0 aliphatic heterocycles. The fourth-order valence-electron chi connectivity index (χ4n) is 3.21. The Morgan fingerprint density at radius 2 is 1.82 bits per heavy atom. The molecule has 0 aliphatic carbocycles. The summed E-state index contributed by atoms with van der Waals surface area (Å²) in [5, 5.41) is 4.86. The molecule has 2 aromatic carbocycles. The van der Waals surface area contributed by atoms with E-state index in [1.807, 2.05) is 22.1 Å². The summed E-state index contributed by atoms with van der Waals surface area (Å²) in [5.41, 5.74) is 2.99. The van der Waals surface area contributed by atoms with Gasteiger partial charge in [0, 0.05) is 13.1 Å². The largest absolute Gasteiger partial charge is 0.350 e. The molecule has 4 aromatic rings. The summed E-state index contributed by atoms with van der Waals surface area (Å²) in [4.78, 5) is 12.8. The van der Waals surface area contributed by atoms with Crippen molar-refractivity contribution in [3.63, 3.8) is 0 Å². The zero-order valence-corrected chi connectivity index (χ0v) is 15.8. The highest BCUT2D eigenvalue weighted by Crippen LogP contribution is 2.26. The third-order valence-corrected chi connectivity index (χ3v) is 5.50. The predicted molar refractivity (Wildman–Crippen MR) is 108 cm³/mol. The lowest BCUT2D eigenvalue weighted by Crippen LogP contribution is -2.28. The first kappa shape index (κ1) is 18.4. The maximum atomic E-state index is 13.7. The van der Waals surface area contributed by atoms with Crippen molar-refractivity contribution in [2.24, 2.45) is 0 Å².